The molecule has 0 bridgehead atoms. The molecule has 0 aliphatic rings. The van der Waals surface area contributed by atoms with E-state index in [2.05, 4.69) is 264 Å². The van der Waals surface area contributed by atoms with Crippen LogP contribution in [-0.4, -0.2) is 17.2 Å². The van der Waals surface area contributed by atoms with Crippen molar-refractivity contribution in [2.45, 2.75) is 0 Å². The maximum absolute atomic E-state index is 2.74. The lowest BCUT2D eigenvalue weighted by molar-refractivity contribution is 1.15. The Hall–Kier alpha value is -7.98. The van der Waals surface area contributed by atoms with Gasteiger partial charge in [0.15, 0.2) is 8.07 Å². The summed E-state index contributed by atoms with van der Waals surface area (Å²) in [6, 6.07) is 94.2. The van der Waals surface area contributed by atoms with Crippen LogP contribution in [0.5, 0.6) is 0 Å². The van der Waals surface area contributed by atoms with Gasteiger partial charge in [0, 0.05) is 32.9 Å². The first-order valence-electron chi connectivity index (χ1n) is 21.8. The van der Waals surface area contributed by atoms with Crippen molar-refractivity contribution < 1.29 is 0 Å². The van der Waals surface area contributed by atoms with E-state index in [9.17, 15) is 0 Å². The number of para-hydroxylation sites is 1. The quantitative estimate of drug-likeness (QED) is 0.107. The van der Waals surface area contributed by atoms with Crippen LogP contribution < -0.4 is 20.7 Å². The molecule has 63 heavy (non-hydrogen) atoms. The zero-order chi connectivity index (χ0) is 41.7. The van der Waals surface area contributed by atoms with Gasteiger partial charge in [-0.3, -0.25) is 0 Å². The molecule has 0 saturated carbocycles. The van der Waals surface area contributed by atoms with Crippen molar-refractivity contribution in [1.29, 1.82) is 0 Å². The molecule has 0 N–H and O–H groups in total. The van der Waals surface area contributed by atoms with Gasteiger partial charge in [-0.2, -0.15) is 0 Å². The van der Waals surface area contributed by atoms with Crippen molar-refractivity contribution in [1.82, 2.24) is 9.13 Å². The Morgan fingerprint density at radius 2 is 0.635 bits per heavy atom. The lowest BCUT2D eigenvalue weighted by Gasteiger charge is -2.34. The highest BCUT2D eigenvalue weighted by atomic mass is 28.3. The molecule has 12 aromatic rings. The number of benzene rings is 10. The first-order valence-corrected chi connectivity index (χ1v) is 23.8. The Morgan fingerprint density at radius 1 is 0.222 bits per heavy atom. The molecule has 0 saturated heterocycles. The molecule has 2 nitrogen and oxygen atoms in total. The van der Waals surface area contributed by atoms with Gasteiger partial charge in [-0.1, -0.05) is 206 Å². The highest BCUT2D eigenvalue weighted by Gasteiger charge is 2.41. The summed E-state index contributed by atoms with van der Waals surface area (Å²) in [4.78, 5) is 0. The van der Waals surface area contributed by atoms with Gasteiger partial charge in [-0.25, -0.2) is 0 Å². The fourth-order valence-corrected chi connectivity index (χ4v) is 15.0. The molecule has 0 aliphatic heterocycles. The molecule has 0 fully saturated rings. The van der Waals surface area contributed by atoms with Crippen LogP contribution in [0.3, 0.4) is 0 Å². The highest BCUT2D eigenvalue weighted by molar-refractivity contribution is 7.20. The Morgan fingerprint density at radius 3 is 1.24 bits per heavy atom. The molecule has 0 radical (unpaired) electrons. The molecule has 2 aromatic heterocycles. The van der Waals surface area contributed by atoms with E-state index in [-0.39, 0.29) is 0 Å². The van der Waals surface area contributed by atoms with Gasteiger partial charge in [-0.05, 0) is 91.5 Å². The SMILES string of the molecule is c1ccc(-c2ccc(-n3c4ccc(-c5ccccc5)cc4c4ccc(-n5c6ccccc6c6cc([Si](c7ccccc7)(c7ccccc7)c7ccccc7)ccc65)cc43)cc2)cc1. The van der Waals surface area contributed by atoms with Gasteiger partial charge in [0.2, 0.25) is 0 Å². The maximum atomic E-state index is 2.52. The predicted molar refractivity (Wildman–Crippen MR) is 270 cm³/mol. The van der Waals surface area contributed by atoms with Crippen LogP contribution in [0.25, 0.3) is 77.2 Å². The normalized spacial score (nSPS) is 11.8. The van der Waals surface area contributed by atoms with Crippen molar-refractivity contribution in [2.75, 3.05) is 0 Å². The average molecular weight is 819 g/mol. The second-order valence-corrected chi connectivity index (χ2v) is 20.3. The molecule has 2 heterocycles. The lowest BCUT2D eigenvalue weighted by atomic mass is 10.0. The van der Waals surface area contributed by atoms with Gasteiger partial charge in [0.1, 0.15) is 0 Å². The number of hydrogen-bond donors (Lipinski definition) is 0. The van der Waals surface area contributed by atoms with Crippen LogP contribution in [0.15, 0.2) is 255 Å². The van der Waals surface area contributed by atoms with Crippen molar-refractivity contribution in [3.8, 4) is 33.6 Å². The predicted octanol–water partition coefficient (Wildman–Crippen LogP) is 12.6. The minimum Gasteiger partial charge on any atom is -0.309 e. The van der Waals surface area contributed by atoms with Gasteiger partial charge >= 0.3 is 0 Å². The van der Waals surface area contributed by atoms with Crippen LogP contribution in [-0.2, 0) is 0 Å². The van der Waals surface area contributed by atoms with Crippen molar-refractivity contribution in [2.24, 2.45) is 0 Å². The zero-order valence-electron chi connectivity index (χ0n) is 34.6. The highest BCUT2D eigenvalue weighted by Crippen LogP contribution is 2.39. The van der Waals surface area contributed by atoms with E-state index in [1.165, 1.54) is 86.6 Å². The Bertz CT molecular complexity index is 3480. The molecule has 0 atom stereocenters. The molecule has 0 spiro atoms. The summed E-state index contributed by atoms with van der Waals surface area (Å²) in [5, 5.41) is 10.4. The number of rotatable bonds is 8. The number of aromatic nitrogens is 2. The van der Waals surface area contributed by atoms with E-state index in [0.29, 0.717) is 0 Å². The zero-order valence-corrected chi connectivity index (χ0v) is 35.6. The van der Waals surface area contributed by atoms with E-state index in [4.69, 9.17) is 0 Å². The van der Waals surface area contributed by atoms with Gasteiger partial charge in [0.05, 0.1) is 22.1 Å². The average Bonchev–Trinajstić information content (AvgIpc) is 3.87. The van der Waals surface area contributed by atoms with Crippen LogP contribution in [0, 0.1) is 0 Å². The fraction of sp³-hybridized carbons (Fsp3) is 0. The van der Waals surface area contributed by atoms with Crippen LogP contribution in [0.4, 0.5) is 0 Å². The van der Waals surface area contributed by atoms with E-state index < -0.39 is 8.07 Å². The first kappa shape index (κ1) is 36.8. The molecule has 296 valence electrons. The molecule has 0 aliphatic carbocycles. The topological polar surface area (TPSA) is 9.86 Å². The summed E-state index contributed by atoms with van der Waals surface area (Å²) in [6.45, 7) is 0. The Kier molecular flexibility index (Phi) is 8.87. The summed E-state index contributed by atoms with van der Waals surface area (Å²) in [5.74, 6) is 0. The summed E-state index contributed by atoms with van der Waals surface area (Å²) in [7, 11) is -2.74. The molecular formula is C60H42N2Si. The third-order valence-electron chi connectivity index (χ3n) is 13.1. The van der Waals surface area contributed by atoms with E-state index in [0.717, 1.165) is 11.4 Å². The van der Waals surface area contributed by atoms with Crippen molar-refractivity contribution in [3.63, 3.8) is 0 Å². The van der Waals surface area contributed by atoms with Gasteiger partial charge in [-0.15, -0.1) is 0 Å². The summed E-state index contributed by atoms with van der Waals surface area (Å²) in [6.07, 6.45) is 0. The number of nitrogens with zero attached hydrogens (tertiary/aromatic N) is 2. The first-order chi connectivity index (χ1) is 31.3. The molecule has 0 unspecified atom stereocenters. The summed E-state index contributed by atoms with van der Waals surface area (Å²) < 4.78 is 4.92. The molecular weight excluding hydrogens is 777 g/mol. The third kappa shape index (κ3) is 6.00. The fourth-order valence-electron chi connectivity index (χ4n) is 10.2. The standard InChI is InChI=1S/C60H42N2Si/c1-6-18-43(19-7-1)45-30-33-47(34-31-45)61-58-38-32-46(44-20-8-2-9-21-44)40-55(58)54-37-35-48(41-60(54)61)62-57-29-17-16-28-53(57)56-42-52(36-39-59(56)62)63(49-22-10-3-11-23-49,50-24-12-4-13-25-50)51-26-14-5-15-27-51/h1-42H. The maximum Gasteiger partial charge on any atom is 0.179 e. The lowest BCUT2D eigenvalue weighted by Crippen LogP contribution is -2.74. The Labute approximate surface area is 368 Å². The Balaban J connectivity index is 1.09. The van der Waals surface area contributed by atoms with Crippen LogP contribution in [0.1, 0.15) is 0 Å². The molecule has 3 heteroatoms. The third-order valence-corrected chi connectivity index (χ3v) is 17.8. The van der Waals surface area contributed by atoms with Crippen molar-refractivity contribution >= 4 is 72.4 Å². The summed E-state index contributed by atoms with van der Waals surface area (Å²) >= 11 is 0. The second-order valence-electron chi connectivity index (χ2n) is 16.5. The summed E-state index contributed by atoms with van der Waals surface area (Å²) in [5.41, 5.74) is 11.9. The monoisotopic (exact) mass is 818 g/mol. The minimum atomic E-state index is -2.74. The largest absolute Gasteiger partial charge is 0.309 e. The van der Waals surface area contributed by atoms with E-state index in [1.54, 1.807) is 0 Å². The van der Waals surface area contributed by atoms with Crippen LogP contribution in [0.2, 0.25) is 0 Å². The minimum absolute atomic E-state index is 1.13. The molecule has 0 amide bonds. The molecule has 10 aromatic carbocycles. The smallest absolute Gasteiger partial charge is 0.179 e. The number of fused-ring (bicyclic) bond motifs is 6. The molecule has 12 rings (SSSR count). The van der Waals surface area contributed by atoms with E-state index in [1.807, 2.05) is 0 Å². The van der Waals surface area contributed by atoms with Gasteiger partial charge < -0.3 is 9.13 Å². The van der Waals surface area contributed by atoms with E-state index >= 15 is 0 Å². The second kappa shape index (κ2) is 15.2. The number of hydrogen-bond acceptors (Lipinski definition) is 0. The van der Waals surface area contributed by atoms with Crippen molar-refractivity contribution in [3.05, 3.63) is 255 Å². The van der Waals surface area contributed by atoms with Crippen LogP contribution >= 0.6 is 0 Å². The van der Waals surface area contributed by atoms with Gasteiger partial charge in [0.25, 0.3) is 0 Å².